The molecule has 1 heterocycles. The highest BCUT2D eigenvalue weighted by molar-refractivity contribution is 7.89. The third kappa shape index (κ3) is 4.86. The summed E-state index contributed by atoms with van der Waals surface area (Å²) in [7, 11) is -3.92. The topological polar surface area (TPSA) is 103 Å². The summed E-state index contributed by atoms with van der Waals surface area (Å²) >= 11 is 0. The Morgan fingerprint density at radius 3 is 2.36 bits per heavy atom. The Kier molecular flexibility index (Phi) is 6.41. The summed E-state index contributed by atoms with van der Waals surface area (Å²) < 4.78 is 39.0. The fourth-order valence-corrected chi connectivity index (χ4v) is 5.41. The number of rotatable bonds is 6. The first-order chi connectivity index (χ1) is 15.7. The molecule has 1 atom stereocenters. The molecule has 33 heavy (non-hydrogen) atoms. The largest absolute Gasteiger partial charge is 0.425 e. The van der Waals surface area contributed by atoms with Crippen molar-refractivity contribution in [3.05, 3.63) is 69.6 Å². The highest BCUT2D eigenvalue weighted by Gasteiger charge is 2.30. The number of carbonyl (C=O) groups excluding carboxylic acids is 1. The third-order valence-electron chi connectivity index (χ3n) is 5.95. The standard InChI is InChI=1S/C25H27NO6S/c1-15(2)23(26-33(29,30)18-11-8-16(3)9-12-18)25(28)31-17-10-13-20-19-6-4-5-7-21(19)24(27)32-22(20)14-17/h8-15,23,26H,4-7H2,1-3H3. The van der Waals surface area contributed by atoms with E-state index in [0.717, 1.165) is 41.3 Å². The van der Waals surface area contributed by atoms with Crippen LogP contribution in [0.4, 0.5) is 0 Å². The number of fused-ring (bicyclic) bond motifs is 3. The van der Waals surface area contributed by atoms with E-state index < -0.39 is 22.0 Å². The van der Waals surface area contributed by atoms with E-state index >= 15 is 0 Å². The van der Waals surface area contributed by atoms with Gasteiger partial charge in [-0.25, -0.2) is 18.0 Å². The predicted molar refractivity (Wildman–Crippen MR) is 125 cm³/mol. The van der Waals surface area contributed by atoms with Gasteiger partial charge in [0.2, 0.25) is 10.0 Å². The van der Waals surface area contributed by atoms with Crippen LogP contribution in [0.5, 0.6) is 5.75 Å². The summed E-state index contributed by atoms with van der Waals surface area (Å²) in [4.78, 5) is 25.4. The van der Waals surface area contributed by atoms with Gasteiger partial charge in [-0.3, -0.25) is 0 Å². The first-order valence-electron chi connectivity index (χ1n) is 11.0. The van der Waals surface area contributed by atoms with Crippen LogP contribution in [-0.4, -0.2) is 20.4 Å². The lowest BCUT2D eigenvalue weighted by molar-refractivity contribution is -0.137. The van der Waals surface area contributed by atoms with Crippen molar-refractivity contribution in [1.82, 2.24) is 4.72 Å². The quantitative estimate of drug-likeness (QED) is 0.334. The Labute approximate surface area is 192 Å². The highest BCUT2D eigenvalue weighted by atomic mass is 32.2. The van der Waals surface area contributed by atoms with Crippen molar-refractivity contribution in [1.29, 1.82) is 0 Å². The van der Waals surface area contributed by atoms with E-state index in [1.807, 2.05) is 6.92 Å². The van der Waals surface area contributed by atoms with Crippen LogP contribution < -0.4 is 15.1 Å². The van der Waals surface area contributed by atoms with Crippen LogP contribution in [-0.2, 0) is 27.7 Å². The SMILES string of the molecule is Cc1ccc(S(=O)(=O)NC(C(=O)Oc2ccc3c4c(c(=O)oc3c2)CCCC4)C(C)C)cc1. The molecular formula is C25H27NO6S. The number of hydrogen-bond acceptors (Lipinski definition) is 6. The number of sulfonamides is 1. The van der Waals surface area contributed by atoms with Crippen molar-refractivity contribution in [2.24, 2.45) is 5.92 Å². The van der Waals surface area contributed by atoms with E-state index in [1.54, 1.807) is 38.1 Å². The van der Waals surface area contributed by atoms with Crippen LogP contribution in [0.2, 0.25) is 0 Å². The zero-order valence-electron chi connectivity index (χ0n) is 18.9. The maximum Gasteiger partial charge on any atom is 0.339 e. The molecule has 2 aromatic carbocycles. The molecule has 1 aliphatic rings. The molecule has 1 N–H and O–H groups in total. The summed E-state index contributed by atoms with van der Waals surface area (Å²) in [5.74, 6) is -0.907. The molecule has 7 nitrogen and oxygen atoms in total. The van der Waals surface area contributed by atoms with E-state index in [9.17, 15) is 18.0 Å². The van der Waals surface area contributed by atoms with Gasteiger partial charge in [-0.15, -0.1) is 0 Å². The number of benzene rings is 2. The molecule has 0 saturated heterocycles. The van der Waals surface area contributed by atoms with Crippen LogP contribution in [0.3, 0.4) is 0 Å². The lowest BCUT2D eigenvalue weighted by Crippen LogP contribution is -2.46. The number of ether oxygens (including phenoxy) is 1. The number of esters is 1. The van der Waals surface area contributed by atoms with Crippen LogP contribution in [0.1, 0.15) is 43.4 Å². The fourth-order valence-electron chi connectivity index (χ4n) is 4.08. The van der Waals surface area contributed by atoms with E-state index in [2.05, 4.69) is 4.72 Å². The van der Waals surface area contributed by atoms with Gasteiger partial charge in [-0.1, -0.05) is 31.5 Å². The molecule has 3 aromatic rings. The summed E-state index contributed by atoms with van der Waals surface area (Å²) in [5, 5.41) is 0.838. The number of hydrogen-bond donors (Lipinski definition) is 1. The van der Waals surface area contributed by atoms with Gasteiger partial charge in [0, 0.05) is 17.0 Å². The molecule has 0 aliphatic heterocycles. The average molecular weight is 470 g/mol. The molecule has 4 rings (SSSR count). The lowest BCUT2D eigenvalue weighted by Gasteiger charge is -2.21. The van der Waals surface area contributed by atoms with Crippen molar-refractivity contribution >= 4 is 27.0 Å². The fraction of sp³-hybridized carbons (Fsp3) is 0.360. The van der Waals surface area contributed by atoms with Gasteiger partial charge in [0.25, 0.3) is 0 Å². The second-order valence-corrected chi connectivity index (χ2v) is 10.5. The molecule has 1 aromatic heterocycles. The first-order valence-corrected chi connectivity index (χ1v) is 12.5. The van der Waals surface area contributed by atoms with Crippen molar-refractivity contribution < 1.29 is 22.4 Å². The van der Waals surface area contributed by atoms with Gasteiger partial charge in [0.05, 0.1) is 4.90 Å². The molecule has 0 amide bonds. The van der Waals surface area contributed by atoms with Crippen LogP contribution in [0, 0.1) is 12.8 Å². The van der Waals surface area contributed by atoms with Crippen LogP contribution in [0.25, 0.3) is 11.0 Å². The van der Waals surface area contributed by atoms with E-state index in [1.165, 1.54) is 18.2 Å². The molecule has 0 radical (unpaired) electrons. The van der Waals surface area contributed by atoms with Crippen molar-refractivity contribution in [2.75, 3.05) is 0 Å². The van der Waals surface area contributed by atoms with E-state index in [0.29, 0.717) is 12.0 Å². The average Bonchev–Trinajstić information content (AvgIpc) is 2.77. The Morgan fingerprint density at radius 2 is 1.70 bits per heavy atom. The molecule has 0 bridgehead atoms. The smallest absolute Gasteiger partial charge is 0.339 e. The molecule has 0 fully saturated rings. The van der Waals surface area contributed by atoms with Gasteiger partial charge >= 0.3 is 11.6 Å². The van der Waals surface area contributed by atoms with Gasteiger partial charge < -0.3 is 9.15 Å². The van der Waals surface area contributed by atoms with Crippen LogP contribution >= 0.6 is 0 Å². The van der Waals surface area contributed by atoms with E-state index in [4.69, 9.17) is 9.15 Å². The molecule has 1 aliphatic carbocycles. The second-order valence-electron chi connectivity index (χ2n) is 8.79. The summed E-state index contributed by atoms with van der Waals surface area (Å²) in [6.45, 7) is 5.32. The zero-order valence-corrected chi connectivity index (χ0v) is 19.7. The minimum Gasteiger partial charge on any atom is -0.425 e. The molecule has 0 spiro atoms. The maximum absolute atomic E-state index is 12.9. The Hall–Kier alpha value is -2.97. The third-order valence-corrected chi connectivity index (χ3v) is 7.40. The first kappa shape index (κ1) is 23.2. The predicted octanol–water partition coefficient (Wildman–Crippen LogP) is 3.89. The van der Waals surface area contributed by atoms with Crippen molar-refractivity contribution in [3.63, 3.8) is 0 Å². The minimum absolute atomic E-state index is 0.0730. The molecule has 1 unspecified atom stereocenters. The summed E-state index contributed by atoms with van der Waals surface area (Å²) in [6, 6.07) is 10.2. The Balaban J connectivity index is 1.58. The van der Waals surface area contributed by atoms with Crippen LogP contribution in [0.15, 0.2) is 56.6 Å². The lowest BCUT2D eigenvalue weighted by atomic mass is 9.91. The van der Waals surface area contributed by atoms with Gasteiger partial charge in [-0.2, -0.15) is 4.72 Å². The van der Waals surface area contributed by atoms with Gasteiger partial charge in [-0.05, 0) is 68.4 Å². The van der Waals surface area contributed by atoms with Gasteiger partial charge in [0.15, 0.2) is 0 Å². The molecule has 0 saturated carbocycles. The molecule has 174 valence electrons. The van der Waals surface area contributed by atoms with Gasteiger partial charge in [0.1, 0.15) is 17.4 Å². The maximum atomic E-state index is 12.9. The number of aryl methyl sites for hydroxylation is 2. The number of nitrogens with one attached hydrogen (secondary N) is 1. The molecule has 8 heteroatoms. The molecular weight excluding hydrogens is 442 g/mol. The second kappa shape index (κ2) is 9.11. The Morgan fingerprint density at radius 1 is 1.03 bits per heavy atom. The normalized spacial score (nSPS) is 14.8. The highest BCUT2D eigenvalue weighted by Crippen LogP contribution is 2.29. The summed E-state index contributed by atoms with van der Waals surface area (Å²) in [6.07, 6.45) is 3.50. The van der Waals surface area contributed by atoms with Crippen molar-refractivity contribution in [3.8, 4) is 5.75 Å². The van der Waals surface area contributed by atoms with Crippen molar-refractivity contribution in [2.45, 2.75) is 57.4 Å². The number of carbonyl (C=O) groups is 1. The Bertz CT molecular complexity index is 1360. The van der Waals surface area contributed by atoms with E-state index in [-0.39, 0.29) is 22.2 Å². The minimum atomic E-state index is -3.92. The summed E-state index contributed by atoms with van der Waals surface area (Å²) in [5.41, 5.74) is 2.65. The zero-order chi connectivity index (χ0) is 23.8. The monoisotopic (exact) mass is 469 g/mol.